The quantitative estimate of drug-likeness (QED) is 0.540. The van der Waals surface area contributed by atoms with Gasteiger partial charge in [0, 0.05) is 36.2 Å². The third-order valence-corrected chi connectivity index (χ3v) is 5.08. The highest BCUT2D eigenvalue weighted by Crippen LogP contribution is 2.40. The molecule has 2 aromatic heterocycles. The summed E-state index contributed by atoms with van der Waals surface area (Å²) in [5.74, 6) is 1.000. The molecule has 9 nitrogen and oxygen atoms in total. The van der Waals surface area contributed by atoms with Crippen molar-refractivity contribution in [3.05, 3.63) is 58.3 Å². The monoisotopic (exact) mass is 458 g/mol. The minimum absolute atomic E-state index is 0.0839. The Morgan fingerprint density at radius 1 is 1.50 bits per heavy atom. The van der Waals surface area contributed by atoms with Crippen molar-refractivity contribution in [1.82, 2.24) is 20.3 Å². The van der Waals surface area contributed by atoms with E-state index in [1.54, 1.807) is 28.2 Å². The van der Waals surface area contributed by atoms with E-state index in [9.17, 15) is 14.0 Å². The van der Waals surface area contributed by atoms with Crippen LogP contribution in [0.1, 0.15) is 48.6 Å². The third kappa shape index (κ3) is 5.70. The molecule has 1 aliphatic rings. The zero-order valence-electron chi connectivity index (χ0n) is 17.1. The minimum Gasteiger partial charge on any atom is -0.361 e. The molecule has 0 spiro atoms. The summed E-state index contributed by atoms with van der Waals surface area (Å²) in [5.41, 5.74) is 6.32. The van der Waals surface area contributed by atoms with E-state index in [1.807, 2.05) is 12.3 Å². The second-order valence-corrected chi connectivity index (χ2v) is 7.71. The van der Waals surface area contributed by atoms with Gasteiger partial charge in [-0.05, 0) is 31.0 Å². The number of halogens is 2. The predicted molar refractivity (Wildman–Crippen MR) is 113 cm³/mol. The number of nitrogens with zero attached hydrogens (tertiary/aromatic N) is 4. The smallest absolute Gasteiger partial charge is 0.318 e. The summed E-state index contributed by atoms with van der Waals surface area (Å²) in [7, 11) is 0. The first kappa shape index (κ1) is 23.0. The van der Waals surface area contributed by atoms with Crippen molar-refractivity contribution < 1.29 is 18.5 Å². The van der Waals surface area contributed by atoms with Gasteiger partial charge in [0.15, 0.2) is 0 Å². The van der Waals surface area contributed by atoms with E-state index in [0.29, 0.717) is 23.7 Å². The van der Waals surface area contributed by atoms with Crippen molar-refractivity contribution in [2.75, 3.05) is 0 Å². The molecule has 1 atom stereocenters. The molecule has 0 aliphatic heterocycles. The molecule has 4 rings (SSSR count). The molecule has 0 radical (unpaired) electrons. The molecule has 1 fully saturated rings. The van der Waals surface area contributed by atoms with Crippen molar-refractivity contribution in [2.45, 2.75) is 38.1 Å². The molecule has 1 unspecified atom stereocenters. The Labute approximate surface area is 187 Å². The largest absolute Gasteiger partial charge is 0.361 e. The van der Waals surface area contributed by atoms with Crippen LogP contribution in [-0.4, -0.2) is 27.4 Å². The van der Waals surface area contributed by atoms with Crippen LogP contribution in [0, 0.1) is 17.1 Å². The minimum atomic E-state index is -0.829. The van der Waals surface area contributed by atoms with Gasteiger partial charge in [0.2, 0.25) is 6.41 Å². The first-order chi connectivity index (χ1) is 15.3. The molecular formula is C21H20ClFN6O3. The number of imide groups is 1. The zero-order valence-corrected chi connectivity index (χ0v) is 17.8. The lowest BCUT2D eigenvalue weighted by molar-refractivity contribution is -0.108. The van der Waals surface area contributed by atoms with E-state index in [0.717, 1.165) is 11.5 Å². The number of nitrogens with one attached hydrogen (secondary N) is 1. The number of hydrogen-bond acceptors (Lipinski definition) is 6. The van der Waals surface area contributed by atoms with Gasteiger partial charge in [0.25, 0.3) is 0 Å². The molecule has 3 N–H and O–H groups in total. The average molecular weight is 459 g/mol. The van der Waals surface area contributed by atoms with Gasteiger partial charge in [-0.1, -0.05) is 23.7 Å². The van der Waals surface area contributed by atoms with E-state index in [4.69, 9.17) is 21.4 Å². The fraction of sp³-hybridized carbons (Fsp3) is 0.286. The second-order valence-electron chi connectivity index (χ2n) is 7.31. The van der Waals surface area contributed by atoms with E-state index in [1.165, 1.54) is 18.9 Å². The lowest BCUT2D eigenvalue weighted by Crippen LogP contribution is -2.27. The van der Waals surface area contributed by atoms with Crippen molar-refractivity contribution in [3.63, 3.8) is 0 Å². The number of aromatic nitrogens is 3. The van der Waals surface area contributed by atoms with Crippen molar-refractivity contribution >= 4 is 24.0 Å². The van der Waals surface area contributed by atoms with Gasteiger partial charge in [0.1, 0.15) is 23.2 Å². The Morgan fingerprint density at radius 3 is 2.81 bits per heavy atom. The number of urea groups is 1. The van der Waals surface area contributed by atoms with E-state index in [2.05, 4.69) is 22.9 Å². The number of primary amides is 1. The summed E-state index contributed by atoms with van der Waals surface area (Å²) >= 11 is 5.97. The van der Waals surface area contributed by atoms with Crippen LogP contribution in [0.25, 0.3) is 11.3 Å². The van der Waals surface area contributed by atoms with Crippen LogP contribution >= 0.6 is 11.6 Å². The molecule has 0 saturated heterocycles. The molecular weight excluding hydrogens is 439 g/mol. The van der Waals surface area contributed by atoms with Crippen LogP contribution in [0.3, 0.4) is 0 Å². The van der Waals surface area contributed by atoms with Crippen LogP contribution in [0.5, 0.6) is 0 Å². The molecule has 166 valence electrons. The summed E-state index contributed by atoms with van der Waals surface area (Å²) in [6, 6.07) is 7.59. The fourth-order valence-electron chi connectivity index (χ4n) is 2.97. The average Bonchev–Trinajstić information content (AvgIpc) is 3.27. The lowest BCUT2D eigenvalue weighted by atomic mass is 10.1. The van der Waals surface area contributed by atoms with Gasteiger partial charge in [-0.3, -0.25) is 14.8 Å². The first-order valence-corrected chi connectivity index (χ1v) is 10.1. The highest BCUT2D eigenvalue weighted by Gasteiger charge is 2.28. The maximum atomic E-state index is 13.9. The van der Waals surface area contributed by atoms with E-state index >= 15 is 0 Å². The van der Waals surface area contributed by atoms with Crippen LogP contribution in [0.15, 0.2) is 35.0 Å². The Bertz CT molecular complexity index is 1140. The van der Waals surface area contributed by atoms with Crippen molar-refractivity contribution in [1.29, 1.82) is 5.26 Å². The number of amides is 3. The van der Waals surface area contributed by atoms with Crippen molar-refractivity contribution in [3.8, 4) is 17.3 Å². The molecule has 0 bridgehead atoms. The maximum absolute atomic E-state index is 13.9. The van der Waals surface area contributed by atoms with Crippen molar-refractivity contribution in [2.24, 2.45) is 5.73 Å². The lowest BCUT2D eigenvalue weighted by Gasteiger charge is -2.08. The highest BCUT2D eigenvalue weighted by molar-refractivity contribution is 6.32. The Hall–Kier alpha value is -3.71. The first-order valence-electron chi connectivity index (χ1n) is 9.71. The van der Waals surface area contributed by atoms with Gasteiger partial charge in [-0.15, -0.1) is 0 Å². The molecule has 3 aromatic rings. The summed E-state index contributed by atoms with van der Waals surface area (Å²) < 4.78 is 21.1. The normalized spacial score (nSPS) is 13.4. The number of nitrogens with two attached hydrogens (primary N) is 1. The number of benzene rings is 1. The van der Waals surface area contributed by atoms with Crippen LogP contribution < -0.4 is 11.1 Å². The number of rotatable bonds is 6. The molecule has 1 saturated carbocycles. The van der Waals surface area contributed by atoms with Crippen LogP contribution in [-0.2, 0) is 11.3 Å². The summed E-state index contributed by atoms with van der Waals surface area (Å²) in [4.78, 5) is 18.7. The Balaban J connectivity index is 0.000000427. The molecule has 32 heavy (non-hydrogen) atoms. The Kier molecular flexibility index (Phi) is 7.22. The molecule has 11 heteroatoms. The zero-order chi connectivity index (χ0) is 23.3. The van der Waals surface area contributed by atoms with Gasteiger partial charge in [0.05, 0.1) is 16.4 Å². The number of carbonyl (C=O) groups is 2. The fourth-order valence-corrected chi connectivity index (χ4v) is 3.22. The number of carbonyl (C=O) groups excluding carboxylic acids is 2. The van der Waals surface area contributed by atoms with Crippen LogP contribution in [0.2, 0.25) is 5.02 Å². The SMILES string of the molecule is CC(Cn1ccc(-c2cc(F)c(C#N)c(Cl)c2)n1)c1cc(C2CC2)on1.NC(=O)NC=O. The number of nitriles is 1. The van der Waals surface area contributed by atoms with E-state index < -0.39 is 11.8 Å². The highest BCUT2D eigenvalue weighted by atomic mass is 35.5. The molecule has 2 heterocycles. The standard InChI is InChI=1S/C19H16ClFN4O.C2H4N2O2/c1-11(18-8-19(26-24-18)12-2-3-12)10-25-5-4-17(23-25)13-6-15(20)14(9-22)16(21)7-13;3-2(6)4-1-5/h4-8,11-12H,2-3,10H2,1H3;1H,(H3,3,4,5,6). The third-order valence-electron chi connectivity index (χ3n) is 4.78. The van der Waals surface area contributed by atoms with Crippen LogP contribution in [0.4, 0.5) is 9.18 Å². The summed E-state index contributed by atoms with van der Waals surface area (Å²) in [5, 5.41) is 19.3. The maximum Gasteiger partial charge on any atom is 0.318 e. The van der Waals surface area contributed by atoms with Gasteiger partial charge in [-0.2, -0.15) is 10.4 Å². The topological polar surface area (TPSA) is 140 Å². The molecule has 3 amide bonds. The van der Waals surface area contributed by atoms with Gasteiger partial charge < -0.3 is 10.3 Å². The second kappa shape index (κ2) is 10.1. The Morgan fingerprint density at radius 2 is 2.25 bits per heavy atom. The van der Waals surface area contributed by atoms with E-state index in [-0.39, 0.29) is 22.9 Å². The number of hydrogen-bond donors (Lipinski definition) is 2. The predicted octanol–water partition coefficient (Wildman–Crippen LogP) is 3.69. The summed E-state index contributed by atoms with van der Waals surface area (Å²) in [6.07, 6.45) is 4.41. The molecule has 1 aliphatic carbocycles. The molecule has 1 aromatic carbocycles. The van der Waals surface area contributed by atoms with Gasteiger partial charge in [-0.25, -0.2) is 9.18 Å². The summed E-state index contributed by atoms with van der Waals surface area (Å²) in [6.45, 7) is 2.69. The van der Waals surface area contributed by atoms with Gasteiger partial charge >= 0.3 is 6.03 Å².